The van der Waals surface area contributed by atoms with E-state index in [1.165, 1.54) is 0 Å². The summed E-state index contributed by atoms with van der Waals surface area (Å²) in [5, 5.41) is 0. The summed E-state index contributed by atoms with van der Waals surface area (Å²) in [4.78, 5) is 0. The van der Waals surface area contributed by atoms with Gasteiger partial charge in [0, 0.05) is 19.0 Å². The Hall–Kier alpha value is -1.63. The normalized spacial score (nSPS) is 13.2. The summed E-state index contributed by atoms with van der Waals surface area (Å²) in [7, 11) is -3.50. The maximum absolute atomic E-state index is 11.9. The number of aryl methyl sites for hydroxylation is 1. The fraction of sp³-hybridized carbons (Fsp3) is 0.333. The molecule has 1 aromatic heterocycles. The largest absolute Gasteiger partial charge is 0.469 e. The van der Waals surface area contributed by atoms with Gasteiger partial charge in [0.25, 0.3) is 10.2 Å². The Morgan fingerprint density at radius 2 is 1.90 bits per heavy atom. The van der Waals surface area contributed by atoms with Crippen LogP contribution in [0.3, 0.4) is 0 Å². The second kappa shape index (κ2) is 7.40. The minimum Gasteiger partial charge on any atom is -0.469 e. The van der Waals surface area contributed by atoms with Gasteiger partial charge >= 0.3 is 0 Å². The van der Waals surface area contributed by atoms with Crippen LogP contribution in [0.4, 0.5) is 0 Å². The predicted octanol–water partition coefficient (Wildman–Crippen LogP) is 2.22. The lowest BCUT2D eigenvalue weighted by Crippen LogP contribution is -2.41. The molecule has 2 N–H and O–H groups in total. The molecule has 21 heavy (non-hydrogen) atoms. The highest BCUT2D eigenvalue weighted by molar-refractivity contribution is 7.87. The molecule has 1 unspecified atom stereocenters. The van der Waals surface area contributed by atoms with Crippen LogP contribution in [-0.2, 0) is 23.2 Å². The fourth-order valence-electron chi connectivity index (χ4n) is 1.95. The molecular weight excluding hydrogens is 288 g/mol. The van der Waals surface area contributed by atoms with Gasteiger partial charge < -0.3 is 4.42 Å². The number of nitrogens with one attached hydrogen (secondary N) is 2. The lowest BCUT2D eigenvalue weighted by atomic mass is 10.2. The van der Waals surface area contributed by atoms with E-state index in [2.05, 4.69) is 9.44 Å². The van der Waals surface area contributed by atoms with Crippen molar-refractivity contribution in [2.75, 3.05) is 0 Å². The SMILES string of the molecule is CC(CCc1ccco1)NS(=O)(=O)NCc1ccccc1. The van der Waals surface area contributed by atoms with Gasteiger partial charge in [-0.05, 0) is 31.0 Å². The van der Waals surface area contributed by atoms with Gasteiger partial charge in [0.2, 0.25) is 0 Å². The Bertz CT molecular complexity index is 624. The molecule has 0 saturated heterocycles. The molecule has 0 spiro atoms. The monoisotopic (exact) mass is 308 g/mol. The molecule has 6 heteroatoms. The zero-order valence-electron chi connectivity index (χ0n) is 12.0. The molecule has 1 atom stereocenters. The Morgan fingerprint density at radius 1 is 1.14 bits per heavy atom. The molecule has 0 radical (unpaired) electrons. The van der Waals surface area contributed by atoms with E-state index in [9.17, 15) is 8.42 Å². The Labute approximate surface area is 125 Å². The summed E-state index contributed by atoms with van der Waals surface area (Å²) in [5.74, 6) is 0.860. The molecule has 0 aliphatic carbocycles. The first kappa shape index (κ1) is 15.8. The molecule has 0 fully saturated rings. The van der Waals surface area contributed by atoms with Crippen LogP contribution in [0.15, 0.2) is 53.1 Å². The number of furan rings is 1. The van der Waals surface area contributed by atoms with Crippen LogP contribution in [0.1, 0.15) is 24.7 Å². The van der Waals surface area contributed by atoms with E-state index in [0.29, 0.717) is 12.8 Å². The summed E-state index contributed by atoms with van der Waals surface area (Å²) in [6.45, 7) is 2.12. The van der Waals surface area contributed by atoms with Gasteiger partial charge in [-0.15, -0.1) is 0 Å². The fourth-order valence-corrected chi connectivity index (χ4v) is 3.04. The zero-order chi connectivity index (χ0) is 15.1. The third kappa shape index (κ3) is 5.71. The van der Waals surface area contributed by atoms with Gasteiger partial charge in [0.1, 0.15) is 5.76 Å². The van der Waals surface area contributed by atoms with Crippen LogP contribution in [0.2, 0.25) is 0 Å². The molecule has 5 nitrogen and oxygen atoms in total. The molecule has 1 aromatic carbocycles. The number of hydrogen-bond donors (Lipinski definition) is 2. The summed E-state index contributed by atoms with van der Waals surface area (Å²) in [5.41, 5.74) is 0.922. The quantitative estimate of drug-likeness (QED) is 0.785. The lowest BCUT2D eigenvalue weighted by Gasteiger charge is -2.14. The van der Waals surface area contributed by atoms with E-state index in [-0.39, 0.29) is 12.6 Å². The van der Waals surface area contributed by atoms with Crippen LogP contribution < -0.4 is 9.44 Å². The lowest BCUT2D eigenvalue weighted by molar-refractivity contribution is 0.478. The highest BCUT2D eigenvalue weighted by Crippen LogP contribution is 2.06. The summed E-state index contributed by atoms with van der Waals surface area (Å²) in [6, 6.07) is 13.0. The molecule has 0 saturated carbocycles. The van der Waals surface area contributed by atoms with Crippen molar-refractivity contribution in [2.45, 2.75) is 32.4 Å². The van der Waals surface area contributed by atoms with Gasteiger partial charge in [0.05, 0.1) is 6.26 Å². The predicted molar refractivity (Wildman–Crippen MR) is 81.8 cm³/mol. The topological polar surface area (TPSA) is 71.3 Å². The van der Waals surface area contributed by atoms with E-state index in [1.807, 2.05) is 49.4 Å². The van der Waals surface area contributed by atoms with E-state index >= 15 is 0 Å². The standard InChI is InChI=1S/C15H20N2O3S/c1-13(9-10-15-8-5-11-20-15)17-21(18,19)16-12-14-6-3-2-4-7-14/h2-8,11,13,16-17H,9-10,12H2,1H3. The van der Waals surface area contributed by atoms with Crippen LogP contribution >= 0.6 is 0 Å². The first-order valence-corrected chi connectivity index (χ1v) is 8.37. The van der Waals surface area contributed by atoms with Gasteiger partial charge in [-0.25, -0.2) is 0 Å². The summed E-state index contributed by atoms with van der Waals surface area (Å²) < 4.78 is 34.2. The third-order valence-corrected chi connectivity index (χ3v) is 4.31. The Balaban J connectivity index is 1.77. The molecule has 0 bridgehead atoms. The third-order valence-electron chi connectivity index (χ3n) is 3.07. The van der Waals surface area contributed by atoms with Gasteiger partial charge in [0.15, 0.2) is 0 Å². The Morgan fingerprint density at radius 3 is 2.57 bits per heavy atom. The minimum absolute atomic E-state index is 0.164. The van der Waals surface area contributed by atoms with Crippen molar-refractivity contribution >= 4 is 10.2 Å². The molecule has 0 amide bonds. The molecule has 0 aliphatic rings. The van der Waals surface area contributed by atoms with Crippen molar-refractivity contribution in [1.29, 1.82) is 0 Å². The molecule has 0 aliphatic heterocycles. The second-order valence-electron chi connectivity index (χ2n) is 4.95. The van der Waals surface area contributed by atoms with Crippen molar-refractivity contribution in [3.05, 3.63) is 60.1 Å². The first-order valence-electron chi connectivity index (χ1n) is 6.88. The van der Waals surface area contributed by atoms with E-state index in [1.54, 1.807) is 6.26 Å². The average Bonchev–Trinajstić information content (AvgIpc) is 2.97. The van der Waals surface area contributed by atoms with Crippen LogP contribution in [0.5, 0.6) is 0 Å². The maximum Gasteiger partial charge on any atom is 0.277 e. The van der Waals surface area contributed by atoms with E-state index in [4.69, 9.17) is 4.42 Å². The van der Waals surface area contributed by atoms with Gasteiger partial charge in [-0.1, -0.05) is 30.3 Å². The first-order chi connectivity index (χ1) is 10.1. The molecule has 114 valence electrons. The minimum atomic E-state index is -3.50. The van der Waals surface area contributed by atoms with Crippen LogP contribution in [-0.4, -0.2) is 14.5 Å². The molecule has 2 rings (SSSR count). The zero-order valence-corrected chi connectivity index (χ0v) is 12.8. The number of rotatable bonds is 8. The van der Waals surface area contributed by atoms with Gasteiger partial charge in [-0.3, -0.25) is 0 Å². The van der Waals surface area contributed by atoms with Crippen molar-refractivity contribution in [3.8, 4) is 0 Å². The van der Waals surface area contributed by atoms with E-state index < -0.39 is 10.2 Å². The second-order valence-corrected chi connectivity index (χ2v) is 6.48. The highest BCUT2D eigenvalue weighted by atomic mass is 32.2. The highest BCUT2D eigenvalue weighted by Gasteiger charge is 2.14. The van der Waals surface area contributed by atoms with E-state index in [0.717, 1.165) is 11.3 Å². The number of hydrogen-bond acceptors (Lipinski definition) is 3. The molecule has 1 heterocycles. The van der Waals surface area contributed by atoms with Crippen molar-refractivity contribution in [1.82, 2.24) is 9.44 Å². The summed E-state index contributed by atoms with van der Waals surface area (Å²) >= 11 is 0. The molecule has 2 aromatic rings. The number of benzene rings is 1. The van der Waals surface area contributed by atoms with Crippen molar-refractivity contribution in [3.63, 3.8) is 0 Å². The van der Waals surface area contributed by atoms with Crippen LogP contribution in [0.25, 0.3) is 0 Å². The Kier molecular flexibility index (Phi) is 5.55. The summed E-state index contributed by atoms with van der Waals surface area (Å²) in [6.07, 6.45) is 3.00. The maximum atomic E-state index is 11.9. The smallest absolute Gasteiger partial charge is 0.277 e. The van der Waals surface area contributed by atoms with Crippen molar-refractivity contribution in [2.24, 2.45) is 0 Å². The van der Waals surface area contributed by atoms with Crippen LogP contribution in [0, 0.1) is 0 Å². The average molecular weight is 308 g/mol. The van der Waals surface area contributed by atoms with Gasteiger partial charge in [-0.2, -0.15) is 17.9 Å². The molecular formula is C15H20N2O3S. The van der Waals surface area contributed by atoms with Crippen molar-refractivity contribution < 1.29 is 12.8 Å².